The minimum absolute atomic E-state index is 0.146. The Labute approximate surface area is 154 Å². The lowest BCUT2D eigenvalue weighted by Gasteiger charge is -2.44. The first-order chi connectivity index (χ1) is 12.6. The molecule has 2 fully saturated rings. The van der Waals surface area contributed by atoms with E-state index in [0.29, 0.717) is 32.3 Å². The van der Waals surface area contributed by atoms with E-state index in [1.54, 1.807) is 0 Å². The van der Waals surface area contributed by atoms with E-state index < -0.39 is 0 Å². The molecule has 0 radical (unpaired) electrons. The summed E-state index contributed by atoms with van der Waals surface area (Å²) in [6, 6.07) is 0. The van der Waals surface area contributed by atoms with Crippen molar-refractivity contribution in [2.45, 2.75) is 50.2 Å². The number of anilines is 1. The van der Waals surface area contributed by atoms with Crippen molar-refractivity contribution in [2.24, 2.45) is 0 Å². The van der Waals surface area contributed by atoms with Crippen molar-refractivity contribution in [1.82, 2.24) is 14.9 Å². The van der Waals surface area contributed by atoms with Crippen LogP contribution in [0.1, 0.15) is 43.4 Å². The van der Waals surface area contributed by atoms with E-state index in [2.05, 4.69) is 4.98 Å². The Balaban J connectivity index is 1.50. The molecular weight excluding hydrogens is 332 g/mol. The second kappa shape index (κ2) is 7.12. The van der Waals surface area contributed by atoms with Crippen molar-refractivity contribution < 1.29 is 14.3 Å². The minimum atomic E-state index is -0.383. The number of piperidine rings is 1. The summed E-state index contributed by atoms with van der Waals surface area (Å²) < 4.78 is 11.9. The highest BCUT2D eigenvalue weighted by molar-refractivity contribution is 5.81. The Morgan fingerprint density at radius 2 is 2.08 bits per heavy atom. The molecular formula is C19H28N4O3. The number of hydrogen-bond acceptors (Lipinski definition) is 6. The molecule has 2 saturated heterocycles. The lowest BCUT2D eigenvalue weighted by atomic mass is 9.83. The molecule has 4 heterocycles. The Kier molecular flexibility index (Phi) is 4.84. The molecule has 26 heavy (non-hydrogen) atoms. The summed E-state index contributed by atoms with van der Waals surface area (Å²) in [6.07, 6.45) is 7.09. The number of fused-ring (bicyclic) bond motifs is 2. The highest BCUT2D eigenvalue weighted by Crippen LogP contribution is 2.41. The molecule has 0 saturated carbocycles. The van der Waals surface area contributed by atoms with Gasteiger partial charge in [0.05, 0.1) is 12.3 Å². The van der Waals surface area contributed by atoms with Crippen molar-refractivity contribution in [3.8, 4) is 0 Å². The Morgan fingerprint density at radius 3 is 2.77 bits per heavy atom. The molecule has 0 N–H and O–H groups in total. The standard InChI is InChI=1S/C19H28N4O3/c1-22(2)18-20-13-14-6-12-26-19(16(14)21-18)7-9-23(10-8-19)17(24)15-5-3-4-11-25-15/h13,15H,3-12H2,1-2H3. The Hall–Kier alpha value is -1.73. The fourth-order valence-electron chi connectivity index (χ4n) is 4.22. The zero-order chi connectivity index (χ0) is 18.1. The fourth-order valence-corrected chi connectivity index (χ4v) is 4.22. The number of amides is 1. The summed E-state index contributed by atoms with van der Waals surface area (Å²) in [4.78, 5) is 25.9. The lowest BCUT2D eigenvalue weighted by Crippen LogP contribution is -2.51. The molecule has 4 rings (SSSR count). The molecule has 1 aromatic heterocycles. The van der Waals surface area contributed by atoms with Gasteiger partial charge in [0.2, 0.25) is 5.95 Å². The van der Waals surface area contributed by atoms with Gasteiger partial charge in [-0.25, -0.2) is 9.97 Å². The number of nitrogens with zero attached hydrogens (tertiary/aromatic N) is 4. The van der Waals surface area contributed by atoms with Crippen molar-refractivity contribution >= 4 is 11.9 Å². The smallest absolute Gasteiger partial charge is 0.251 e. The molecule has 0 aromatic carbocycles. The average molecular weight is 360 g/mol. The maximum absolute atomic E-state index is 12.7. The number of carbonyl (C=O) groups is 1. The van der Waals surface area contributed by atoms with Gasteiger partial charge < -0.3 is 19.3 Å². The van der Waals surface area contributed by atoms with Crippen LogP contribution in [-0.4, -0.2) is 67.3 Å². The predicted molar refractivity (Wildman–Crippen MR) is 97.1 cm³/mol. The molecule has 1 amide bonds. The summed E-state index contributed by atoms with van der Waals surface area (Å²) in [5, 5.41) is 0. The molecule has 3 aliphatic rings. The molecule has 3 aliphatic heterocycles. The third-order valence-electron chi connectivity index (χ3n) is 5.77. The van der Waals surface area contributed by atoms with Gasteiger partial charge >= 0.3 is 0 Å². The number of aromatic nitrogens is 2. The van der Waals surface area contributed by atoms with Crippen LogP contribution in [0.25, 0.3) is 0 Å². The third-order valence-corrected chi connectivity index (χ3v) is 5.77. The van der Waals surface area contributed by atoms with Gasteiger partial charge in [-0.2, -0.15) is 0 Å². The topological polar surface area (TPSA) is 67.8 Å². The molecule has 1 atom stereocenters. The van der Waals surface area contributed by atoms with Gasteiger partial charge in [-0.05, 0) is 44.1 Å². The normalized spacial score (nSPS) is 25.0. The molecule has 0 aliphatic carbocycles. The minimum Gasteiger partial charge on any atom is -0.368 e. The first-order valence-corrected chi connectivity index (χ1v) is 9.67. The maximum Gasteiger partial charge on any atom is 0.251 e. The fraction of sp³-hybridized carbons (Fsp3) is 0.737. The second-order valence-corrected chi connectivity index (χ2v) is 7.71. The SMILES string of the molecule is CN(C)c1ncc2c(n1)C1(CCN(C(=O)C3CCCCO3)CC1)OCC2. The van der Waals surface area contributed by atoms with E-state index in [1.165, 1.54) is 5.56 Å². The molecule has 1 aromatic rings. The lowest BCUT2D eigenvalue weighted by molar-refractivity contribution is -0.154. The third kappa shape index (κ3) is 3.18. The molecule has 7 nitrogen and oxygen atoms in total. The summed E-state index contributed by atoms with van der Waals surface area (Å²) in [6.45, 7) is 2.78. The van der Waals surface area contributed by atoms with E-state index >= 15 is 0 Å². The molecule has 0 bridgehead atoms. The zero-order valence-electron chi connectivity index (χ0n) is 15.7. The van der Waals surface area contributed by atoms with E-state index in [-0.39, 0.29) is 17.6 Å². The predicted octanol–water partition coefficient (Wildman–Crippen LogP) is 1.50. The molecule has 1 unspecified atom stereocenters. The van der Waals surface area contributed by atoms with E-state index in [9.17, 15) is 4.79 Å². The molecule has 7 heteroatoms. The molecule has 142 valence electrons. The summed E-state index contributed by atoms with van der Waals surface area (Å²) >= 11 is 0. The van der Waals surface area contributed by atoms with Gasteiger partial charge in [0.1, 0.15) is 11.7 Å². The van der Waals surface area contributed by atoms with Gasteiger partial charge in [0.15, 0.2) is 0 Å². The van der Waals surface area contributed by atoms with Crippen LogP contribution < -0.4 is 4.90 Å². The van der Waals surface area contributed by atoms with E-state index in [1.807, 2.05) is 30.1 Å². The van der Waals surface area contributed by atoms with Crippen molar-refractivity contribution in [3.63, 3.8) is 0 Å². The van der Waals surface area contributed by atoms with Crippen LogP contribution in [0.15, 0.2) is 6.20 Å². The Bertz CT molecular complexity index is 665. The zero-order valence-corrected chi connectivity index (χ0v) is 15.7. The summed E-state index contributed by atoms with van der Waals surface area (Å²) in [5.74, 6) is 0.856. The largest absolute Gasteiger partial charge is 0.368 e. The number of ether oxygens (including phenoxy) is 2. The molecule has 1 spiro atoms. The van der Waals surface area contributed by atoms with E-state index in [0.717, 1.165) is 44.2 Å². The van der Waals surface area contributed by atoms with Gasteiger partial charge in [0.25, 0.3) is 5.91 Å². The van der Waals surface area contributed by atoms with E-state index in [4.69, 9.17) is 14.5 Å². The van der Waals surface area contributed by atoms with Crippen LogP contribution in [0.3, 0.4) is 0 Å². The quantitative estimate of drug-likeness (QED) is 0.796. The second-order valence-electron chi connectivity index (χ2n) is 7.71. The van der Waals surface area contributed by atoms with Gasteiger partial charge in [-0.15, -0.1) is 0 Å². The average Bonchev–Trinajstić information content (AvgIpc) is 2.69. The van der Waals surface area contributed by atoms with Gasteiger partial charge in [0, 0.05) is 40.0 Å². The number of hydrogen-bond donors (Lipinski definition) is 0. The highest BCUT2D eigenvalue weighted by Gasteiger charge is 2.44. The Morgan fingerprint density at radius 1 is 1.27 bits per heavy atom. The van der Waals surface area contributed by atoms with Crippen molar-refractivity contribution in [2.75, 3.05) is 45.3 Å². The van der Waals surface area contributed by atoms with Crippen molar-refractivity contribution in [3.05, 3.63) is 17.5 Å². The first-order valence-electron chi connectivity index (χ1n) is 9.67. The van der Waals surface area contributed by atoms with Crippen molar-refractivity contribution in [1.29, 1.82) is 0 Å². The van der Waals surface area contributed by atoms with Crippen LogP contribution in [0.4, 0.5) is 5.95 Å². The van der Waals surface area contributed by atoms with Crippen LogP contribution in [0, 0.1) is 0 Å². The van der Waals surface area contributed by atoms with Gasteiger partial charge in [-0.1, -0.05) is 0 Å². The summed E-state index contributed by atoms with van der Waals surface area (Å²) in [5.41, 5.74) is 1.81. The van der Waals surface area contributed by atoms with Gasteiger partial charge in [-0.3, -0.25) is 4.79 Å². The monoisotopic (exact) mass is 360 g/mol. The first kappa shape index (κ1) is 17.7. The number of carbonyl (C=O) groups excluding carboxylic acids is 1. The summed E-state index contributed by atoms with van der Waals surface area (Å²) in [7, 11) is 3.90. The van der Waals surface area contributed by atoms with Crippen LogP contribution in [0.5, 0.6) is 0 Å². The number of rotatable bonds is 2. The van der Waals surface area contributed by atoms with Crippen LogP contribution in [-0.2, 0) is 26.3 Å². The number of likely N-dealkylation sites (tertiary alicyclic amines) is 1. The van der Waals surface area contributed by atoms with Crippen LogP contribution in [0.2, 0.25) is 0 Å². The van der Waals surface area contributed by atoms with Crippen LogP contribution >= 0.6 is 0 Å². The highest BCUT2D eigenvalue weighted by atomic mass is 16.5. The maximum atomic E-state index is 12.7.